The van der Waals surface area contributed by atoms with E-state index in [2.05, 4.69) is 12.2 Å². The van der Waals surface area contributed by atoms with E-state index in [0.29, 0.717) is 37.8 Å². The number of piperazine rings is 1. The van der Waals surface area contributed by atoms with Crippen molar-refractivity contribution in [2.45, 2.75) is 19.4 Å². The van der Waals surface area contributed by atoms with Crippen LogP contribution >= 0.6 is 0 Å². The third-order valence-corrected chi connectivity index (χ3v) is 4.58. The van der Waals surface area contributed by atoms with Gasteiger partial charge in [0, 0.05) is 26.2 Å². The van der Waals surface area contributed by atoms with Gasteiger partial charge in [0.25, 0.3) is 0 Å². The molecule has 2 aliphatic rings. The Morgan fingerprint density at radius 2 is 1.95 bits per heavy atom. The summed E-state index contributed by atoms with van der Waals surface area (Å²) in [5.74, 6) is 0.415. The zero-order chi connectivity index (χ0) is 14.8. The van der Waals surface area contributed by atoms with E-state index in [9.17, 15) is 9.18 Å². The predicted molar refractivity (Wildman–Crippen MR) is 80.8 cm³/mol. The average molecular weight is 291 g/mol. The first-order valence-electron chi connectivity index (χ1n) is 7.68. The molecule has 3 rings (SSSR count). The minimum atomic E-state index is -0.191. The number of carbonyl (C=O) groups excluding carboxylic acids is 1. The van der Waals surface area contributed by atoms with Gasteiger partial charge in [-0.15, -0.1) is 0 Å². The summed E-state index contributed by atoms with van der Waals surface area (Å²) in [7, 11) is 0. The molecule has 0 aliphatic carbocycles. The largest absolute Gasteiger partial charge is 0.366 e. The maximum absolute atomic E-state index is 13.8. The molecule has 2 unspecified atom stereocenters. The van der Waals surface area contributed by atoms with Gasteiger partial charge < -0.3 is 15.1 Å². The van der Waals surface area contributed by atoms with Gasteiger partial charge in [0.2, 0.25) is 5.91 Å². The number of nitrogens with one attached hydrogen (secondary N) is 1. The van der Waals surface area contributed by atoms with Crippen molar-refractivity contribution in [1.29, 1.82) is 0 Å². The number of nitrogens with zero attached hydrogens (tertiary/aromatic N) is 2. The van der Waals surface area contributed by atoms with E-state index < -0.39 is 0 Å². The Bertz CT molecular complexity index is 514. The molecule has 1 aromatic rings. The third kappa shape index (κ3) is 2.88. The smallest absolute Gasteiger partial charge is 0.240 e. The van der Waals surface area contributed by atoms with Crippen LogP contribution in [0.2, 0.25) is 0 Å². The van der Waals surface area contributed by atoms with Crippen molar-refractivity contribution in [2.24, 2.45) is 5.92 Å². The van der Waals surface area contributed by atoms with Crippen LogP contribution in [0.5, 0.6) is 0 Å². The molecule has 0 radical (unpaired) electrons. The number of rotatable bonds is 2. The Hall–Kier alpha value is -1.62. The van der Waals surface area contributed by atoms with Crippen LogP contribution in [-0.4, -0.2) is 49.6 Å². The Labute approximate surface area is 124 Å². The molecule has 2 fully saturated rings. The van der Waals surface area contributed by atoms with Crippen LogP contribution in [0.1, 0.15) is 13.3 Å². The second-order valence-corrected chi connectivity index (χ2v) is 5.96. The molecule has 114 valence electrons. The zero-order valence-electron chi connectivity index (χ0n) is 12.4. The van der Waals surface area contributed by atoms with Crippen LogP contribution in [-0.2, 0) is 4.79 Å². The van der Waals surface area contributed by atoms with Crippen molar-refractivity contribution in [1.82, 2.24) is 10.2 Å². The lowest BCUT2D eigenvalue weighted by molar-refractivity contribution is -0.134. The van der Waals surface area contributed by atoms with Gasteiger partial charge in [0.1, 0.15) is 5.82 Å². The second-order valence-electron chi connectivity index (χ2n) is 5.96. The molecule has 1 N–H and O–H groups in total. The standard InChI is InChI=1S/C16H22FN3O/c1-12-6-7-18-15(12)16(21)20-10-8-19(9-11-20)14-5-3-2-4-13(14)17/h2-5,12,15,18H,6-11H2,1H3. The fourth-order valence-corrected chi connectivity index (χ4v) is 3.24. The van der Waals surface area contributed by atoms with Gasteiger partial charge in [-0.05, 0) is 31.0 Å². The van der Waals surface area contributed by atoms with Crippen LogP contribution in [0.3, 0.4) is 0 Å². The van der Waals surface area contributed by atoms with Crippen molar-refractivity contribution in [3.8, 4) is 0 Å². The van der Waals surface area contributed by atoms with E-state index in [1.54, 1.807) is 12.1 Å². The van der Waals surface area contributed by atoms with E-state index in [4.69, 9.17) is 0 Å². The summed E-state index contributed by atoms with van der Waals surface area (Å²) in [6, 6.07) is 6.79. The maximum atomic E-state index is 13.8. The van der Waals surface area contributed by atoms with Gasteiger partial charge in [-0.3, -0.25) is 4.79 Å². The predicted octanol–water partition coefficient (Wildman–Crippen LogP) is 1.47. The summed E-state index contributed by atoms with van der Waals surface area (Å²) in [4.78, 5) is 16.4. The average Bonchev–Trinajstić information content (AvgIpc) is 2.93. The van der Waals surface area contributed by atoms with Gasteiger partial charge >= 0.3 is 0 Å². The summed E-state index contributed by atoms with van der Waals surface area (Å²) in [5, 5.41) is 3.29. The Morgan fingerprint density at radius 1 is 1.24 bits per heavy atom. The Morgan fingerprint density at radius 3 is 2.57 bits per heavy atom. The number of hydrogen-bond donors (Lipinski definition) is 1. The molecule has 4 nitrogen and oxygen atoms in total. The van der Waals surface area contributed by atoms with Crippen LogP contribution in [0.25, 0.3) is 0 Å². The van der Waals surface area contributed by atoms with Crippen molar-refractivity contribution in [3.63, 3.8) is 0 Å². The number of amides is 1. The van der Waals surface area contributed by atoms with E-state index in [1.807, 2.05) is 15.9 Å². The summed E-state index contributed by atoms with van der Waals surface area (Å²) < 4.78 is 13.8. The van der Waals surface area contributed by atoms with E-state index in [-0.39, 0.29) is 17.8 Å². The third-order valence-electron chi connectivity index (χ3n) is 4.58. The lowest BCUT2D eigenvalue weighted by atomic mass is 10.0. The minimum Gasteiger partial charge on any atom is -0.366 e. The molecule has 0 aromatic heterocycles. The summed E-state index contributed by atoms with van der Waals surface area (Å²) in [6.07, 6.45) is 1.06. The summed E-state index contributed by atoms with van der Waals surface area (Å²) >= 11 is 0. The van der Waals surface area contributed by atoms with Gasteiger partial charge in [-0.1, -0.05) is 19.1 Å². The van der Waals surface area contributed by atoms with Gasteiger partial charge in [-0.25, -0.2) is 4.39 Å². The number of halogens is 1. The van der Waals surface area contributed by atoms with E-state index in [0.717, 1.165) is 13.0 Å². The zero-order valence-corrected chi connectivity index (χ0v) is 12.4. The van der Waals surface area contributed by atoms with Crippen molar-refractivity contribution in [3.05, 3.63) is 30.1 Å². The number of anilines is 1. The molecule has 2 atom stereocenters. The quantitative estimate of drug-likeness (QED) is 0.896. The first-order chi connectivity index (χ1) is 10.2. The summed E-state index contributed by atoms with van der Waals surface area (Å²) in [6.45, 7) is 5.75. The Kier molecular flexibility index (Phi) is 4.10. The molecule has 0 spiro atoms. The maximum Gasteiger partial charge on any atom is 0.240 e. The number of carbonyl (C=O) groups is 1. The lowest BCUT2D eigenvalue weighted by Crippen LogP contribution is -2.54. The van der Waals surface area contributed by atoms with Crippen LogP contribution in [0.15, 0.2) is 24.3 Å². The monoisotopic (exact) mass is 291 g/mol. The van der Waals surface area contributed by atoms with Crippen LogP contribution in [0.4, 0.5) is 10.1 Å². The highest BCUT2D eigenvalue weighted by Crippen LogP contribution is 2.22. The number of para-hydroxylation sites is 1. The Balaban J connectivity index is 1.60. The van der Waals surface area contributed by atoms with Crippen LogP contribution < -0.4 is 10.2 Å². The molecule has 2 aliphatic heterocycles. The highest BCUT2D eigenvalue weighted by Gasteiger charge is 2.33. The minimum absolute atomic E-state index is 0.0370. The molecule has 0 bridgehead atoms. The summed E-state index contributed by atoms with van der Waals surface area (Å²) in [5.41, 5.74) is 0.636. The van der Waals surface area contributed by atoms with Gasteiger partial charge in [-0.2, -0.15) is 0 Å². The lowest BCUT2D eigenvalue weighted by Gasteiger charge is -2.37. The number of benzene rings is 1. The second kappa shape index (κ2) is 6.02. The van der Waals surface area contributed by atoms with Crippen molar-refractivity contribution < 1.29 is 9.18 Å². The highest BCUT2D eigenvalue weighted by molar-refractivity contribution is 5.82. The van der Waals surface area contributed by atoms with Gasteiger partial charge in [0.05, 0.1) is 11.7 Å². The number of hydrogen-bond acceptors (Lipinski definition) is 3. The molecule has 2 heterocycles. The topological polar surface area (TPSA) is 35.6 Å². The van der Waals surface area contributed by atoms with Crippen molar-refractivity contribution in [2.75, 3.05) is 37.6 Å². The van der Waals surface area contributed by atoms with Crippen molar-refractivity contribution >= 4 is 11.6 Å². The fourth-order valence-electron chi connectivity index (χ4n) is 3.24. The first kappa shape index (κ1) is 14.3. The van der Waals surface area contributed by atoms with Crippen LogP contribution in [0, 0.1) is 11.7 Å². The molecule has 2 saturated heterocycles. The molecule has 0 saturated carbocycles. The fraction of sp³-hybridized carbons (Fsp3) is 0.562. The first-order valence-corrected chi connectivity index (χ1v) is 7.68. The van der Waals surface area contributed by atoms with E-state index >= 15 is 0 Å². The molecular weight excluding hydrogens is 269 g/mol. The molecule has 5 heteroatoms. The van der Waals surface area contributed by atoms with Gasteiger partial charge in [0.15, 0.2) is 0 Å². The molecular formula is C16H22FN3O. The highest BCUT2D eigenvalue weighted by atomic mass is 19.1. The SMILES string of the molecule is CC1CCNC1C(=O)N1CCN(c2ccccc2F)CC1. The molecule has 1 amide bonds. The molecule has 21 heavy (non-hydrogen) atoms. The van der Waals surface area contributed by atoms with E-state index in [1.165, 1.54) is 6.07 Å². The molecule has 1 aromatic carbocycles. The normalized spacial score (nSPS) is 26.2.